The van der Waals surface area contributed by atoms with Crippen LogP contribution in [-0.4, -0.2) is 45.7 Å². The molecule has 5 nitrogen and oxygen atoms in total. The second kappa shape index (κ2) is 5.53. The molecule has 15 heavy (non-hydrogen) atoms. The Balaban J connectivity index is 2.54. The Morgan fingerprint density at radius 1 is 1.33 bits per heavy atom. The molecule has 0 saturated heterocycles. The highest BCUT2D eigenvalue weighted by Crippen LogP contribution is 2.09. The van der Waals surface area contributed by atoms with Gasteiger partial charge in [-0.15, -0.1) is 11.3 Å². The van der Waals surface area contributed by atoms with Gasteiger partial charge in [-0.3, -0.25) is 5.32 Å². The Morgan fingerprint density at radius 3 is 2.33 bits per heavy atom. The van der Waals surface area contributed by atoms with Crippen molar-refractivity contribution in [2.75, 3.05) is 19.8 Å². The summed E-state index contributed by atoms with van der Waals surface area (Å²) in [7, 11) is 0. The fourth-order valence-corrected chi connectivity index (χ4v) is 1.70. The molecule has 0 unspecified atom stereocenters. The Morgan fingerprint density at radius 2 is 1.93 bits per heavy atom. The average Bonchev–Trinajstić information content (AvgIpc) is 2.67. The van der Waals surface area contributed by atoms with E-state index in [1.54, 1.807) is 0 Å². The van der Waals surface area contributed by atoms with Gasteiger partial charge in [0.1, 0.15) is 0 Å². The van der Waals surface area contributed by atoms with E-state index in [0.717, 1.165) is 10.7 Å². The molecule has 0 fully saturated rings. The van der Waals surface area contributed by atoms with Crippen molar-refractivity contribution in [3.63, 3.8) is 0 Å². The van der Waals surface area contributed by atoms with Crippen LogP contribution in [0.2, 0.25) is 0 Å². The van der Waals surface area contributed by atoms with Crippen LogP contribution in [0.1, 0.15) is 10.7 Å². The van der Waals surface area contributed by atoms with Gasteiger partial charge in [0.25, 0.3) is 0 Å². The number of nitrogens with one attached hydrogen (secondary N) is 1. The summed E-state index contributed by atoms with van der Waals surface area (Å²) in [4.78, 5) is 4.23. The van der Waals surface area contributed by atoms with Gasteiger partial charge in [-0.1, -0.05) is 0 Å². The van der Waals surface area contributed by atoms with Crippen molar-refractivity contribution in [2.24, 2.45) is 0 Å². The number of aromatic nitrogens is 1. The number of aliphatic hydroxyl groups excluding tert-OH is 3. The summed E-state index contributed by atoms with van der Waals surface area (Å²) in [6.45, 7) is 1.38. The van der Waals surface area contributed by atoms with Gasteiger partial charge in [-0.25, -0.2) is 4.98 Å². The van der Waals surface area contributed by atoms with Gasteiger partial charge in [-0.2, -0.15) is 0 Å². The minimum absolute atomic E-state index is 0.316. The van der Waals surface area contributed by atoms with E-state index >= 15 is 0 Å². The molecule has 1 rings (SSSR count). The quantitative estimate of drug-likeness (QED) is 0.519. The number of hydrogen-bond acceptors (Lipinski definition) is 6. The molecule has 6 heteroatoms. The lowest BCUT2D eigenvalue weighted by Crippen LogP contribution is -2.54. The molecule has 1 aromatic rings. The maximum atomic E-state index is 9.06. The van der Waals surface area contributed by atoms with Crippen LogP contribution in [0.15, 0.2) is 5.38 Å². The normalized spacial score (nSPS) is 12.0. The molecule has 0 radical (unpaired) electrons. The number of nitrogens with zero attached hydrogens (tertiary/aromatic N) is 1. The molecular weight excluding hydrogens is 216 g/mol. The first-order valence-corrected chi connectivity index (χ1v) is 5.52. The van der Waals surface area contributed by atoms with Crippen LogP contribution in [-0.2, 0) is 6.54 Å². The van der Waals surface area contributed by atoms with Crippen LogP contribution in [0, 0.1) is 6.92 Å². The zero-order valence-corrected chi connectivity index (χ0v) is 9.42. The average molecular weight is 232 g/mol. The lowest BCUT2D eigenvalue weighted by molar-refractivity contribution is 0.0412. The molecule has 0 amide bonds. The number of aliphatic hydroxyl groups is 3. The molecule has 1 aromatic heterocycles. The molecule has 0 spiro atoms. The second-order valence-electron chi connectivity index (χ2n) is 3.47. The predicted octanol–water partition coefficient (Wildman–Crippen LogP) is -0.743. The highest BCUT2D eigenvalue weighted by Gasteiger charge is 2.27. The zero-order chi connectivity index (χ0) is 11.3. The molecule has 0 aromatic carbocycles. The molecule has 0 saturated carbocycles. The van der Waals surface area contributed by atoms with E-state index in [0.29, 0.717) is 6.54 Å². The summed E-state index contributed by atoms with van der Waals surface area (Å²) in [6.07, 6.45) is 0. The van der Waals surface area contributed by atoms with Crippen molar-refractivity contribution in [1.29, 1.82) is 0 Å². The molecule has 0 aliphatic rings. The van der Waals surface area contributed by atoms with E-state index < -0.39 is 5.54 Å². The van der Waals surface area contributed by atoms with Gasteiger partial charge >= 0.3 is 0 Å². The summed E-state index contributed by atoms with van der Waals surface area (Å²) in [6, 6.07) is 0. The smallest absolute Gasteiger partial charge is 0.0897 e. The lowest BCUT2D eigenvalue weighted by atomic mass is 10.0. The van der Waals surface area contributed by atoms with E-state index in [4.69, 9.17) is 15.3 Å². The maximum Gasteiger partial charge on any atom is 0.0897 e. The summed E-state index contributed by atoms with van der Waals surface area (Å²) >= 11 is 1.54. The highest BCUT2D eigenvalue weighted by atomic mass is 32.1. The monoisotopic (exact) mass is 232 g/mol. The maximum absolute atomic E-state index is 9.06. The summed E-state index contributed by atoms with van der Waals surface area (Å²) in [5.41, 5.74) is -0.186. The molecule has 0 aliphatic carbocycles. The van der Waals surface area contributed by atoms with Crippen LogP contribution >= 0.6 is 11.3 Å². The molecule has 0 bridgehead atoms. The van der Waals surface area contributed by atoms with Crippen LogP contribution in [0.5, 0.6) is 0 Å². The summed E-state index contributed by atoms with van der Waals surface area (Å²) < 4.78 is 0. The van der Waals surface area contributed by atoms with Crippen LogP contribution < -0.4 is 5.32 Å². The largest absolute Gasteiger partial charge is 0.394 e. The molecule has 0 aliphatic heterocycles. The van der Waals surface area contributed by atoms with Crippen molar-refractivity contribution in [1.82, 2.24) is 10.3 Å². The standard InChI is InChI=1S/C9H16N2O3S/c1-7-11-8(3-15-7)2-10-9(4-12,5-13)6-14/h3,10,12-14H,2,4-6H2,1H3. The van der Waals surface area contributed by atoms with Gasteiger partial charge in [-0.05, 0) is 6.92 Å². The van der Waals surface area contributed by atoms with E-state index in [1.807, 2.05) is 12.3 Å². The van der Waals surface area contributed by atoms with Gasteiger partial charge in [0.2, 0.25) is 0 Å². The van der Waals surface area contributed by atoms with Crippen LogP contribution in [0.4, 0.5) is 0 Å². The van der Waals surface area contributed by atoms with Gasteiger partial charge < -0.3 is 15.3 Å². The first-order chi connectivity index (χ1) is 7.15. The fraction of sp³-hybridized carbons (Fsp3) is 0.667. The molecule has 86 valence electrons. The summed E-state index contributed by atoms with van der Waals surface area (Å²) in [5.74, 6) is 0. The zero-order valence-electron chi connectivity index (χ0n) is 8.60. The Kier molecular flexibility index (Phi) is 4.62. The van der Waals surface area contributed by atoms with Crippen molar-refractivity contribution in [2.45, 2.75) is 19.0 Å². The van der Waals surface area contributed by atoms with Gasteiger partial charge in [0, 0.05) is 11.9 Å². The minimum atomic E-state index is -1.03. The van der Waals surface area contributed by atoms with E-state index in [9.17, 15) is 0 Å². The third kappa shape index (κ3) is 3.22. The highest BCUT2D eigenvalue weighted by molar-refractivity contribution is 7.09. The first-order valence-electron chi connectivity index (χ1n) is 4.64. The Hall–Kier alpha value is -0.530. The number of hydrogen-bond donors (Lipinski definition) is 4. The van der Waals surface area contributed by atoms with Crippen molar-refractivity contribution >= 4 is 11.3 Å². The van der Waals surface area contributed by atoms with Crippen molar-refractivity contribution in [3.8, 4) is 0 Å². The van der Waals surface area contributed by atoms with Crippen LogP contribution in [0.25, 0.3) is 0 Å². The van der Waals surface area contributed by atoms with Gasteiger partial charge in [0.15, 0.2) is 0 Å². The lowest BCUT2D eigenvalue weighted by Gasteiger charge is -2.28. The predicted molar refractivity (Wildman–Crippen MR) is 57.7 cm³/mol. The van der Waals surface area contributed by atoms with E-state index in [1.165, 1.54) is 11.3 Å². The van der Waals surface area contributed by atoms with E-state index in [2.05, 4.69) is 10.3 Å². The van der Waals surface area contributed by atoms with E-state index in [-0.39, 0.29) is 19.8 Å². The third-order valence-corrected chi connectivity index (χ3v) is 3.04. The first kappa shape index (κ1) is 12.5. The van der Waals surface area contributed by atoms with Crippen LogP contribution in [0.3, 0.4) is 0 Å². The number of aryl methyl sites for hydroxylation is 1. The SMILES string of the molecule is Cc1nc(CNC(CO)(CO)CO)cs1. The molecule has 0 atom stereocenters. The van der Waals surface area contributed by atoms with Crippen molar-refractivity contribution in [3.05, 3.63) is 16.1 Å². The third-order valence-electron chi connectivity index (χ3n) is 2.22. The second-order valence-corrected chi connectivity index (χ2v) is 4.53. The fourth-order valence-electron chi connectivity index (χ4n) is 1.09. The molecule has 1 heterocycles. The number of thiazole rings is 1. The molecular formula is C9H16N2O3S. The minimum Gasteiger partial charge on any atom is -0.394 e. The topological polar surface area (TPSA) is 85.6 Å². The van der Waals surface area contributed by atoms with Gasteiger partial charge in [0.05, 0.1) is 36.1 Å². The number of rotatable bonds is 6. The van der Waals surface area contributed by atoms with Crippen molar-refractivity contribution < 1.29 is 15.3 Å². The molecule has 4 N–H and O–H groups in total. The Bertz CT molecular complexity index is 291. The Labute approximate surface area is 92.4 Å². The summed E-state index contributed by atoms with van der Waals surface area (Å²) in [5, 5.41) is 33.0.